The summed E-state index contributed by atoms with van der Waals surface area (Å²) in [6, 6.07) is 11.1. The molecule has 1 fully saturated rings. The summed E-state index contributed by atoms with van der Waals surface area (Å²) in [6.07, 6.45) is 3.74. The van der Waals surface area contributed by atoms with Gasteiger partial charge in [0.1, 0.15) is 0 Å². The van der Waals surface area contributed by atoms with Gasteiger partial charge in [0.15, 0.2) is 0 Å². The molecule has 0 spiro atoms. The predicted octanol–water partition coefficient (Wildman–Crippen LogP) is 3.12. The normalized spacial score (nSPS) is 21.4. The van der Waals surface area contributed by atoms with Crippen LogP contribution < -0.4 is 0 Å². The molecule has 1 aromatic rings. The molecule has 0 radical (unpaired) electrons. The summed E-state index contributed by atoms with van der Waals surface area (Å²) in [5.41, 5.74) is 1.39. The van der Waals surface area contributed by atoms with E-state index in [9.17, 15) is 4.79 Å². The van der Waals surface area contributed by atoms with Crippen LogP contribution in [-0.2, 0) is 4.79 Å². The second-order valence-electron chi connectivity index (χ2n) is 5.31. The number of carboxylic acids is 1. The Hall–Kier alpha value is -1.35. The molecule has 104 valence electrons. The van der Waals surface area contributed by atoms with Crippen molar-refractivity contribution in [2.45, 2.75) is 44.6 Å². The van der Waals surface area contributed by atoms with E-state index in [-0.39, 0.29) is 6.42 Å². The van der Waals surface area contributed by atoms with Gasteiger partial charge in [-0.1, -0.05) is 37.3 Å². The number of carbonyl (C=O) groups is 1. The average Bonchev–Trinajstić information content (AvgIpc) is 2.87. The zero-order valence-corrected chi connectivity index (χ0v) is 11.6. The number of rotatable bonds is 6. The first-order chi connectivity index (χ1) is 9.22. The van der Waals surface area contributed by atoms with E-state index in [4.69, 9.17) is 5.11 Å². The summed E-state index contributed by atoms with van der Waals surface area (Å²) in [5.74, 6) is -0.170. The molecular formula is C16H23NO2. The third kappa shape index (κ3) is 3.57. The molecule has 1 N–H and O–H groups in total. The Kier molecular flexibility index (Phi) is 4.97. The fourth-order valence-corrected chi connectivity index (χ4v) is 3.25. The van der Waals surface area contributed by atoms with Crippen LogP contribution in [0.2, 0.25) is 0 Å². The van der Waals surface area contributed by atoms with Crippen molar-refractivity contribution in [3.63, 3.8) is 0 Å². The van der Waals surface area contributed by atoms with Crippen LogP contribution in [0.4, 0.5) is 0 Å². The van der Waals surface area contributed by atoms with Gasteiger partial charge in [-0.2, -0.15) is 0 Å². The molecule has 0 aliphatic carbocycles. The molecule has 0 bridgehead atoms. The van der Waals surface area contributed by atoms with Crippen LogP contribution in [0.15, 0.2) is 30.3 Å². The smallest absolute Gasteiger partial charge is 0.304 e. The molecule has 1 aliphatic heterocycles. The van der Waals surface area contributed by atoms with E-state index < -0.39 is 5.97 Å². The van der Waals surface area contributed by atoms with E-state index in [1.54, 1.807) is 0 Å². The second-order valence-corrected chi connectivity index (χ2v) is 5.31. The fraction of sp³-hybridized carbons (Fsp3) is 0.562. The van der Waals surface area contributed by atoms with Gasteiger partial charge in [0, 0.05) is 12.6 Å². The van der Waals surface area contributed by atoms with Crippen LogP contribution in [0.25, 0.3) is 0 Å². The van der Waals surface area contributed by atoms with Gasteiger partial charge in [0.2, 0.25) is 0 Å². The largest absolute Gasteiger partial charge is 0.481 e. The molecule has 3 heteroatoms. The van der Waals surface area contributed by atoms with E-state index in [1.165, 1.54) is 18.4 Å². The molecule has 19 heavy (non-hydrogen) atoms. The minimum Gasteiger partial charge on any atom is -0.481 e. The van der Waals surface area contributed by atoms with E-state index in [2.05, 4.69) is 36.1 Å². The van der Waals surface area contributed by atoms with Gasteiger partial charge in [-0.05, 0) is 37.3 Å². The third-order valence-corrected chi connectivity index (χ3v) is 4.16. The lowest BCUT2D eigenvalue weighted by atomic mass is 9.87. The lowest BCUT2D eigenvalue weighted by Gasteiger charge is -2.31. The number of aliphatic carboxylic acids is 1. The minimum absolute atomic E-state index is 0.252. The van der Waals surface area contributed by atoms with Gasteiger partial charge < -0.3 is 5.11 Å². The van der Waals surface area contributed by atoms with E-state index in [0.29, 0.717) is 18.5 Å². The molecule has 0 amide bonds. The van der Waals surface area contributed by atoms with Crippen LogP contribution in [0.5, 0.6) is 0 Å². The average molecular weight is 261 g/mol. The van der Waals surface area contributed by atoms with Gasteiger partial charge in [-0.3, -0.25) is 9.69 Å². The summed E-state index contributed by atoms with van der Waals surface area (Å²) < 4.78 is 0. The summed E-state index contributed by atoms with van der Waals surface area (Å²) >= 11 is 0. The molecule has 2 rings (SSSR count). The van der Waals surface area contributed by atoms with Gasteiger partial charge in [0.25, 0.3) is 0 Å². The lowest BCUT2D eigenvalue weighted by molar-refractivity contribution is -0.137. The number of hydrogen-bond acceptors (Lipinski definition) is 2. The highest BCUT2D eigenvalue weighted by atomic mass is 16.4. The quantitative estimate of drug-likeness (QED) is 0.855. The number of benzene rings is 1. The Morgan fingerprint density at radius 1 is 1.42 bits per heavy atom. The maximum atomic E-state index is 10.7. The van der Waals surface area contributed by atoms with E-state index >= 15 is 0 Å². The monoisotopic (exact) mass is 261 g/mol. The fourth-order valence-electron chi connectivity index (χ4n) is 3.25. The van der Waals surface area contributed by atoms with Crippen LogP contribution >= 0.6 is 0 Å². The van der Waals surface area contributed by atoms with Gasteiger partial charge in [-0.25, -0.2) is 0 Å². The SMILES string of the molecule is CC[C@@H](c1ccccc1)[C@@H]1CCCN1CCC(=O)O. The minimum atomic E-state index is -0.696. The van der Waals surface area contributed by atoms with Crippen molar-refractivity contribution in [1.29, 1.82) is 0 Å². The zero-order chi connectivity index (χ0) is 13.7. The second kappa shape index (κ2) is 6.71. The maximum absolute atomic E-state index is 10.7. The Labute approximate surface area is 115 Å². The van der Waals surface area contributed by atoms with E-state index in [0.717, 1.165) is 13.0 Å². The molecular weight excluding hydrogens is 238 g/mol. The maximum Gasteiger partial charge on any atom is 0.304 e. The lowest BCUT2D eigenvalue weighted by Crippen LogP contribution is -2.35. The third-order valence-electron chi connectivity index (χ3n) is 4.16. The highest BCUT2D eigenvalue weighted by molar-refractivity contribution is 5.66. The topological polar surface area (TPSA) is 40.5 Å². The number of likely N-dealkylation sites (tertiary alicyclic amines) is 1. The number of carboxylic acid groups (broad SMARTS) is 1. The summed E-state index contributed by atoms with van der Waals surface area (Å²) in [6.45, 7) is 3.95. The van der Waals surface area contributed by atoms with Crippen LogP contribution in [0.3, 0.4) is 0 Å². The van der Waals surface area contributed by atoms with Crippen molar-refractivity contribution < 1.29 is 9.90 Å². The Bertz CT molecular complexity index is 404. The zero-order valence-electron chi connectivity index (χ0n) is 11.6. The van der Waals surface area contributed by atoms with Gasteiger partial charge >= 0.3 is 5.97 Å². The number of hydrogen-bond donors (Lipinski definition) is 1. The van der Waals surface area contributed by atoms with E-state index in [1.807, 2.05) is 6.07 Å². The first-order valence-electron chi connectivity index (χ1n) is 7.23. The molecule has 3 nitrogen and oxygen atoms in total. The van der Waals surface area contributed by atoms with Crippen LogP contribution in [-0.4, -0.2) is 35.1 Å². The van der Waals surface area contributed by atoms with Crippen molar-refractivity contribution in [1.82, 2.24) is 4.90 Å². The van der Waals surface area contributed by atoms with Crippen molar-refractivity contribution in [3.05, 3.63) is 35.9 Å². The first-order valence-corrected chi connectivity index (χ1v) is 7.23. The van der Waals surface area contributed by atoms with Crippen molar-refractivity contribution in [2.75, 3.05) is 13.1 Å². The highest BCUT2D eigenvalue weighted by Gasteiger charge is 2.31. The van der Waals surface area contributed by atoms with Crippen molar-refractivity contribution in [3.8, 4) is 0 Å². The predicted molar refractivity (Wildman–Crippen MR) is 76.3 cm³/mol. The highest BCUT2D eigenvalue weighted by Crippen LogP contribution is 2.33. The Balaban J connectivity index is 2.06. The standard InChI is InChI=1S/C16H23NO2/c1-2-14(13-7-4-3-5-8-13)15-9-6-11-17(15)12-10-16(18)19/h3-5,7-8,14-15H,2,6,9-12H2,1H3,(H,18,19)/t14-,15-/m0/s1. The summed E-state index contributed by atoms with van der Waals surface area (Å²) in [5, 5.41) is 8.85. The first kappa shape index (κ1) is 14.1. The van der Waals surface area contributed by atoms with Crippen LogP contribution in [0, 0.1) is 0 Å². The summed E-state index contributed by atoms with van der Waals surface area (Å²) in [7, 11) is 0. The molecule has 2 atom stereocenters. The molecule has 0 aromatic heterocycles. The molecule has 0 saturated carbocycles. The van der Waals surface area contributed by atoms with Gasteiger partial charge in [-0.15, -0.1) is 0 Å². The Morgan fingerprint density at radius 3 is 2.79 bits per heavy atom. The van der Waals surface area contributed by atoms with Gasteiger partial charge in [0.05, 0.1) is 6.42 Å². The number of nitrogens with zero attached hydrogens (tertiary/aromatic N) is 1. The summed E-state index contributed by atoms with van der Waals surface area (Å²) in [4.78, 5) is 13.1. The van der Waals surface area contributed by atoms with Crippen molar-refractivity contribution in [2.24, 2.45) is 0 Å². The molecule has 1 heterocycles. The molecule has 0 unspecified atom stereocenters. The molecule has 1 saturated heterocycles. The van der Waals surface area contributed by atoms with Crippen molar-refractivity contribution >= 4 is 5.97 Å². The Morgan fingerprint density at radius 2 is 2.16 bits per heavy atom. The molecule has 1 aliphatic rings. The van der Waals surface area contributed by atoms with Crippen LogP contribution in [0.1, 0.15) is 44.1 Å². The molecule has 1 aromatic carbocycles.